The van der Waals surface area contributed by atoms with Crippen molar-refractivity contribution in [3.8, 4) is 11.5 Å². The van der Waals surface area contributed by atoms with Crippen LogP contribution in [0.3, 0.4) is 0 Å². The zero-order valence-corrected chi connectivity index (χ0v) is 21.7. The first-order valence-electron chi connectivity index (χ1n) is 12.0. The van der Waals surface area contributed by atoms with E-state index in [1.165, 1.54) is 0 Å². The van der Waals surface area contributed by atoms with Gasteiger partial charge in [-0.3, -0.25) is 9.59 Å². The summed E-state index contributed by atoms with van der Waals surface area (Å²) in [4.78, 5) is 28.1. The molecule has 1 atom stereocenters. The minimum absolute atomic E-state index is 0.120. The molecule has 6 heteroatoms. The standard InChI is InChI=1S/C28H40N2O4/c1-8-24(27(32)29-17-20(2)3)30(18-21-13-15-22(33-7)16-14-21)26(31)19-34-25-12-10-9-11-23(25)28(4,5)6/h9-16,20,24H,8,17-19H2,1-7H3,(H,29,32). The Hall–Kier alpha value is -3.02. The van der Waals surface area contributed by atoms with E-state index in [1.807, 2.05) is 69.3 Å². The van der Waals surface area contributed by atoms with Crippen LogP contribution in [0, 0.1) is 5.92 Å². The van der Waals surface area contributed by atoms with Crippen molar-refractivity contribution in [2.45, 2.75) is 66.0 Å². The Kier molecular flexibility index (Phi) is 9.97. The molecule has 0 spiro atoms. The highest BCUT2D eigenvalue weighted by molar-refractivity contribution is 5.88. The number of hydrogen-bond donors (Lipinski definition) is 1. The first kappa shape index (κ1) is 27.2. The maximum absolute atomic E-state index is 13.4. The number of para-hydroxylation sites is 1. The average molecular weight is 469 g/mol. The summed E-state index contributed by atoms with van der Waals surface area (Å²) in [6, 6.07) is 14.7. The second-order valence-corrected chi connectivity index (χ2v) is 9.97. The molecule has 2 aromatic carbocycles. The molecule has 1 unspecified atom stereocenters. The smallest absolute Gasteiger partial charge is 0.261 e. The van der Waals surface area contributed by atoms with Gasteiger partial charge in [-0.25, -0.2) is 0 Å². The van der Waals surface area contributed by atoms with Crippen LogP contribution < -0.4 is 14.8 Å². The number of nitrogens with zero attached hydrogens (tertiary/aromatic N) is 1. The number of hydrogen-bond acceptors (Lipinski definition) is 4. The quantitative estimate of drug-likeness (QED) is 0.507. The zero-order chi connectivity index (χ0) is 25.3. The summed E-state index contributed by atoms with van der Waals surface area (Å²) >= 11 is 0. The van der Waals surface area contributed by atoms with Crippen molar-refractivity contribution in [1.29, 1.82) is 0 Å². The number of carbonyl (C=O) groups is 2. The Morgan fingerprint density at radius 1 is 1.03 bits per heavy atom. The van der Waals surface area contributed by atoms with Crippen molar-refractivity contribution in [3.05, 3.63) is 59.7 Å². The average Bonchev–Trinajstić information content (AvgIpc) is 2.81. The predicted molar refractivity (Wildman–Crippen MR) is 136 cm³/mol. The third-order valence-corrected chi connectivity index (χ3v) is 5.63. The van der Waals surface area contributed by atoms with Gasteiger partial charge in [0.1, 0.15) is 17.5 Å². The number of carbonyl (C=O) groups excluding carboxylic acids is 2. The molecule has 186 valence electrons. The molecule has 1 N–H and O–H groups in total. The van der Waals surface area contributed by atoms with E-state index in [2.05, 4.69) is 26.1 Å². The molecule has 0 aliphatic heterocycles. The summed E-state index contributed by atoms with van der Waals surface area (Å²) in [5, 5.41) is 2.98. The van der Waals surface area contributed by atoms with Gasteiger partial charge in [-0.2, -0.15) is 0 Å². The van der Waals surface area contributed by atoms with Gasteiger partial charge in [-0.05, 0) is 47.1 Å². The van der Waals surface area contributed by atoms with Gasteiger partial charge in [-0.15, -0.1) is 0 Å². The fourth-order valence-electron chi connectivity index (χ4n) is 3.70. The van der Waals surface area contributed by atoms with Crippen LogP contribution in [0.2, 0.25) is 0 Å². The summed E-state index contributed by atoms with van der Waals surface area (Å²) in [5.74, 6) is 1.37. The van der Waals surface area contributed by atoms with Gasteiger partial charge in [0, 0.05) is 13.1 Å². The van der Waals surface area contributed by atoms with E-state index in [4.69, 9.17) is 9.47 Å². The fraction of sp³-hybridized carbons (Fsp3) is 0.500. The number of methoxy groups -OCH3 is 1. The minimum Gasteiger partial charge on any atom is -0.497 e. The summed E-state index contributed by atoms with van der Waals surface area (Å²) in [7, 11) is 1.61. The minimum atomic E-state index is -0.588. The molecule has 0 aliphatic carbocycles. The Balaban J connectivity index is 2.26. The Bertz CT molecular complexity index is 932. The lowest BCUT2D eigenvalue weighted by Crippen LogP contribution is -2.50. The molecule has 2 aromatic rings. The number of amides is 2. The summed E-state index contributed by atoms with van der Waals surface area (Å²) in [6.07, 6.45) is 0.504. The molecular formula is C28H40N2O4. The molecule has 0 aromatic heterocycles. The Morgan fingerprint density at radius 2 is 1.68 bits per heavy atom. The molecule has 0 fully saturated rings. The zero-order valence-electron chi connectivity index (χ0n) is 21.7. The van der Waals surface area contributed by atoms with E-state index < -0.39 is 6.04 Å². The van der Waals surface area contributed by atoms with Crippen LogP contribution in [0.25, 0.3) is 0 Å². The van der Waals surface area contributed by atoms with E-state index in [0.29, 0.717) is 31.2 Å². The van der Waals surface area contributed by atoms with Gasteiger partial charge in [0.2, 0.25) is 5.91 Å². The first-order valence-corrected chi connectivity index (χ1v) is 12.0. The summed E-state index contributed by atoms with van der Waals surface area (Å²) < 4.78 is 11.3. The molecule has 0 radical (unpaired) electrons. The molecular weight excluding hydrogens is 428 g/mol. The van der Waals surface area contributed by atoms with Crippen molar-refractivity contribution < 1.29 is 19.1 Å². The first-order chi connectivity index (χ1) is 16.1. The molecule has 0 aliphatic rings. The molecule has 0 saturated carbocycles. The van der Waals surface area contributed by atoms with E-state index in [-0.39, 0.29) is 23.8 Å². The SMILES string of the molecule is CCC(C(=O)NCC(C)C)N(Cc1ccc(OC)cc1)C(=O)COc1ccccc1C(C)(C)C. The third-order valence-electron chi connectivity index (χ3n) is 5.63. The molecule has 0 heterocycles. The van der Waals surface area contributed by atoms with Gasteiger partial charge < -0.3 is 19.7 Å². The summed E-state index contributed by atoms with van der Waals surface area (Å²) in [5.41, 5.74) is 1.83. The highest BCUT2D eigenvalue weighted by Gasteiger charge is 2.29. The van der Waals surface area contributed by atoms with Crippen LogP contribution >= 0.6 is 0 Å². The molecule has 0 bridgehead atoms. The van der Waals surface area contributed by atoms with E-state index in [0.717, 1.165) is 16.9 Å². The fourth-order valence-corrected chi connectivity index (χ4v) is 3.70. The van der Waals surface area contributed by atoms with Crippen molar-refractivity contribution in [1.82, 2.24) is 10.2 Å². The van der Waals surface area contributed by atoms with Gasteiger partial charge in [0.25, 0.3) is 5.91 Å². The Morgan fingerprint density at radius 3 is 2.24 bits per heavy atom. The monoisotopic (exact) mass is 468 g/mol. The topological polar surface area (TPSA) is 67.9 Å². The summed E-state index contributed by atoms with van der Waals surface area (Å²) in [6.45, 7) is 13.1. The molecule has 6 nitrogen and oxygen atoms in total. The lowest BCUT2D eigenvalue weighted by Gasteiger charge is -2.31. The largest absolute Gasteiger partial charge is 0.497 e. The van der Waals surface area contributed by atoms with Gasteiger partial charge >= 0.3 is 0 Å². The Labute approximate surface area is 204 Å². The normalized spacial score (nSPS) is 12.2. The van der Waals surface area contributed by atoms with Crippen molar-refractivity contribution in [2.24, 2.45) is 5.92 Å². The highest BCUT2D eigenvalue weighted by atomic mass is 16.5. The maximum atomic E-state index is 13.4. The van der Waals surface area contributed by atoms with Gasteiger partial charge in [0.15, 0.2) is 6.61 Å². The van der Waals surface area contributed by atoms with Crippen LogP contribution in [0.4, 0.5) is 0 Å². The van der Waals surface area contributed by atoms with Crippen LogP contribution in [0.1, 0.15) is 59.1 Å². The number of benzene rings is 2. The predicted octanol–water partition coefficient (Wildman–Crippen LogP) is 4.95. The van der Waals surface area contributed by atoms with E-state index in [1.54, 1.807) is 12.0 Å². The third kappa shape index (κ3) is 7.79. The van der Waals surface area contributed by atoms with Gasteiger partial charge in [-0.1, -0.05) is 71.9 Å². The maximum Gasteiger partial charge on any atom is 0.261 e. The molecule has 34 heavy (non-hydrogen) atoms. The molecule has 2 rings (SSSR count). The lowest BCUT2D eigenvalue weighted by molar-refractivity contribution is -0.143. The lowest BCUT2D eigenvalue weighted by atomic mass is 9.86. The number of nitrogens with one attached hydrogen (secondary N) is 1. The van der Waals surface area contributed by atoms with Crippen LogP contribution in [-0.4, -0.2) is 43.0 Å². The van der Waals surface area contributed by atoms with Crippen molar-refractivity contribution >= 4 is 11.8 Å². The van der Waals surface area contributed by atoms with Crippen molar-refractivity contribution in [3.63, 3.8) is 0 Å². The van der Waals surface area contributed by atoms with Crippen LogP contribution in [-0.2, 0) is 21.5 Å². The number of ether oxygens (including phenoxy) is 2. The number of rotatable bonds is 11. The highest BCUT2D eigenvalue weighted by Crippen LogP contribution is 2.31. The van der Waals surface area contributed by atoms with Crippen LogP contribution in [0.5, 0.6) is 11.5 Å². The van der Waals surface area contributed by atoms with Crippen LogP contribution in [0.15, 0.2) is 48.5 Å². The molecule has 0 saturated heterocycles. The van der Waals surface area contributed by atoms with Crippen molar-refractivity contribution in [2.75, 3.05) is 20.3 Å². The van der Waals surface area contributed by atoms with E-state index in [9.17, 15) is 9.59 Å². The van der Waals surface area contributed by atoms with Gasteiger partial charge in [0.05, 0.1) is 7.11 Å². The second kappa shape index (κ2) is 12.4. The second-order valence-electron chi connectivity index (χ2n) is 9.97. The van der Waals surface area contributed by atoms with E-state index >= 15 is 0 Å². The molecule has 2 amide bonds.